The van der Waals surface area contributed by atoms with Crippen LogP contribution in [0.15, 0.2) is 82.9 Å². The van der Waals surface area contributed by atoms with Gasteiger partial charge in [0, 0.05) is 58.8 Å². The molecule has 2 aliphatic heterocycles. The highest BCUT2D eigenvalue weighted by atomic mass is 32.2. The molecule has 0 spiro atoms. The van der Waals surface area contributed by atoms with Crippen molar-refractivity contribution in [2.45, 2.75) is 19.1 Å². The first-order chi connectivity index (χ1) is 19.6. The second-order valence-corrected chi connectivity index (χ2v) is 13.2. The van der Waals surface area contributed by atoms with Crippen LogP contribution in [0, 0.1) is 0 Å². The fraction of sp³-hybridized carbons (Fsp3) is 0.241. The van der Waals surface area contributed by atoms with Gasteiger partial charge in [0.1, 0.15) is 11.2 Å². The monoisotopic (exact) mass is 595 g/mol. The minimum Gasteiger partial charge on any atom is -0.748 e. The maximum atomic E-state index is 11.4. The number of quaternary nitrogens is 1. The Labute approximate surface area is 237 Å². The molecule has 0 aliphatic carbocycles. The van der Waals surface area contributed by atoms with Crippen molar-refractivity contribution in [1.82, 2.24) is 0 Å². The smallest absolute Gasteiger partial charge is 0.259 e. The number of allylic oxidation sites excluding steroid dienone is 1. The number of rotatable bonds is 9. The topological polar surface area (TPSA) is 144 Å². The third kappa shape index (κ3) is 5.88. The third-order valence-corrected chi connectivity index (χ3v) is 8.91. The fourth-order valence-electron chi connectivity index (χ4n) is 5.54. The van der Waals surface area contributed by atoms with E-state index in [0.717, 1.165) is 43.9 Å². The zero-order chi connectivity index (χ0) is 28.8. The second-order valence-electron chi connectivity index (χ2n) is 10.1. The summed E-state index contributed by atoms with van der Waals surface area (Å²) < 4.78 is 80.4. The molecule has 2 aliphatic rings. The van der Waals surface area contributed by atoms with E-state index >= 15 is 0 Å². The van der Waals surface area contributed by atoms with Crippen molar-refractivity contribution < 1.29 is 40.0 Å². The molecule has 10 nitrogen and oxygen atoms in total. The van der Waals surface area contributed by atoms with E-state index in [1.165, 1.54) is 0 Å². The molecule has 4 aromatic rings. The minimum absolute atomic E-state index is 0.131. The third-order valence-electron chi connectivity index (χ3n) is 7.33. The first-order valence-corrected chi connectivity index (χ1v) is 16.3. The first kappa shape index (κ1) is 27.5. The Morgan fingerprint density at radius 2 is 1.59 bits per heavy atom. The van der Waals surface area contributed by atoms with Gasteiger partial charge in [-0.05, 0) is 36.3 Å². The van der Waals surface area contributed by atoms with Crippen LogP contribution in [0.3, 0.4) is 0 Å². The van der Waals surface area contributed by atoms with Gasteiger partial charge in [-0.3, -0.25) is 4.90 Å². The number of anilines is 1. The van der Waals surface area contributed by atoms with Crippen molar-refractivity contribution in [3.63, 3.8) is 0 Å². The number of benzene rings is 3. The van der Waals surface area contributed by atoms with Gasteiger partial charge in [0.15, 0.2) is 11.4 Å². The summed E-state index contributed by atoms with van der Waals surface area (Å²) in [5, 5.41) is 1.84. The van der Waals surface area contributed by atoms with Crippen molar-refractivity contribution in [2.75, 3.05) is 29.5 Å². The summed E-state index contributed by atoms with van der Waals surface area (Å²) in [6, 6.07) is 19.2. The van der Waals surface area contributed by atoms with E-state index in [0.29, 0.717) is 17.9 Å². The molecule has 12 heteroatoms. The van der Waals surface area contributed by atoms with Gasteiger partial charge in [-0.2, -0.15) is 0 Å². The van der Waals surface area contributed by atoms with Crippen LogP contribution < -0.4 is 14.5 Å². The molecule has 6 rings (SSSR count). The first-order valence-electron chi connectivity index (χ1n) is 13.2. The van der Waals surface area contributed by atoms with Crippen LogP contribution in [0.1, 0.15) is 18.4 Å². The maximum Gasteiger partial charge on any atom is 0.259 e. The summed E-state index contributed by atoms with van der Waals surface area (Å²) in [5.74, 6) is -0.359. The van der Waals surface area contributed by atoms with E-state index in [1.54, 1.807) is 0 Å². The van der Waals surface area contributed by atoms with Crippen LogP contribution in [-0.4, -0.2) is 56.8 Å². The predicted octanol–water partition coefficient (Wildman–Crippen LogP) is 3.11. The Hall–Kier alpha value is -3.68. The van der Waals surface area contributed by atoms with E-state index in [-0.39, 0.29) is 19.4 Å². The minimum atomic E-state index is -4.39. The Morgan fingerprint density at radius 1 is 0.854 bits per heavy atom. The SMILES string of the molecule is O=S(=O)([O-])CCCN1C(=CC2Oc3cc4c(cc3[NH+]2CCCS(=O)(=O)[O-])oc2ccccc24)C=Cc2ccccc21. The lowest BCUT2D eigenvalue weighted by Crippen LogP contribution is -3.10. The molecular formula is C29H27N2O8S2-. The van der Waals surface area contributed by atoms with E-state index in [9.17, 15) is 25.9 Å². The molecule has 41 heavy (non-hydrogen) atoms. The molecule has 1 N–H and O–H groups in total. The average molecular weight is 596 g/mol. The van der Waals surface area contributed by atoms with Gasteiger partial charge in [0.05, 0.1) is 26.8 Å². The highest BCUT2D eigenvalue weighted by Crippen LogP contribution is 2.38. The van der Waals surface area contributed by atoms with Crippen LogP contribution in [-0.2, 0) is 20.2 Å². The maximum absolute atomic E-state index is 11.4. The van der Waals surface area contributed by atoms with E-state index in [1.807, 2.05) is 83.8 Å². The van der Waals surface area contributed by atoms with Crippen molar-refractivity contribution in [1.29, 1.82) is 0 Å². The van der Waals surface area contributed by atoms with Crippen LogP contribution >= 0.6 is 0 Å². The van der Waals surface area contributed by atoms with Crippen molar-refractivity contribution in [2.24, 2.45) is 0 Å². The van der Waals surface area contributed by atoms with Crippen molar-refractivity contribution in [3.8, 4) is 5.75 Å². The number of fused-ring (bicyclic) bond motifs is 5. The quantitative estimate of drug-likeness (QED) is 0.289. The predicted molar refractivity (Wildman–Crippen MR) is 153 cm³/mol. The molecule has 3 aromatic carbocycles. The second kappa shape index (κ2) is 10.6. The normalized spacial score (nSPS) is 19.6. The lowest BCUT2D eigenvalue weighted by atomic mass is 10.0. The Kier molecular flexibility index (Phi) is 7.12. The van der Waals surface area contributed by atoms with Crippen LogP contribution in [0.2, 0.25) is 0 Å². The lowest BCUT2D eigenvalue weighted by molar-refractivity contribution is -0.862. The molecule has 2 atom stereocenters. The standard InChI is InChI=1S/C29H28N2O8S2/c32-40(33,34)15-5-13-30-21(12-11-20-7-1-3-9-24(20)30)17-29-31(14-6-16-41(35,36)37)25-19-27-23(18-28(25)39-29)22-8-2-4-10-26(22)38-27/h1-4,7-12,17-19,29H,5-6,13-16H2,(H,32,33,34)(H,35,36,37)/p-1. The highest BCUT2D eigenvalue weighted by Gasteiger charge is 2.37. The Balaban J connectivity index is 1.37. The van der Waals surface area contributed by atoms with Gasteiger partial charge < -0.3 is 23.2 Å². The Bertz CT molecular complexity index is 1910. The van der Waals surface area contributed by atoms with Crippen molar-refractivity contribution >= 4 is 59.6 Å². The van der Waals surface area contributed by atoms with E-state index < -0.39 is 38.0 Å². The zero-order valence-corrected chi connectivity index (χ0v) is 23.5. The molecule has 0 bridgehead atoms. The molecule has 0 saturated heterocycles. The number of furan rings is 1. The van der Waals surface area contributed by atoms with Gasteiger partial charge in [-0.15, -0.1) is 0 Å². The molecule has 0 amide bonds. The summed E-state index contributed by atoms with van der Waals surface area (Å²) in [7, 11) is -8.75. The number of nitrogens with one attached hydrogen (secondary N) is 1. The molecule has 3 heterocycles. The number of hydrogen-bond acceptors (Lipinski definition) is 9. The summed E-state index contributed by atoms with van der Waals surface area (Å²) in [6.45, 7) is 0.598. The highest BCUT2D eigenvalue weighted by molar-refractivity contribution is 7.85. The number of para-hydroxylation sites is 2. The molecule has 0 saturated carbocycles. The van der Waals surface area contributed by atoms with Gasteiger partial charge in [-0.25, -0.2) is 16.8 Å². The van der Waals surface area contributed by atoms with E-state index in [4.69, 9.17) is 9.15 Å². The molecule has 1 aromatic heterocycles. The fourth-order valence-corrected chi connectivity index (χ4v) is 6.52. The van der Waals surface area contributed by atoms with E-state index in [2.05, 4.69) is 0 Å². The summed E-state index contributed by atoms with van der Waals surface area (Å²) in [5.41, 5.74) is 4.75. The summed E-state index contributed by atoms with van der Waals surface area (Å²) in [6.07, 6.45) is 5.45. The number of nitrogens with zero attached hydrogens (tertiary/aromatic N) is 1. The Morgan fingerprint density at radius 3 is 2.39 bits per heavy atom. The molecule has 0 radical (unpaired) electrons. The average Bonchev–Trinajstić information content (AvgIpc) is 3.44. The molecule has 2 unspecified atom stereocenters. The molecule has 0 fully saturated rings. The van der Waals surface area contributed by atoms with Crippen LogP contribution in [0.4, 0.5) is 11.4 Å². The van der Waals surface area contributed by atoms with Gasteiger partial charge >= 0.3 is 0 Å². The van der Waals surface area contributed by atoms with Crippen LogP contribution in [0.25, 0.3) is 28.0 Å². The lowest BCUT2D eigenvalue weighted by Gasteiger charge is -2.31. The van der Waals surface area contributed by atoms with Gasteiger partial charge in [0.2, 0.25) is 0 Å². The summed E-state index contributed by atoms with van der Waals surface area (Å²) in [4.78, 5) is 2.76. The van der Waals surface area contributed by atoms with Crippen molar-refractivity contribution in [3.05, 3.63) is 84.1 Å². The van der Waals surface area contributed by atoms with Gasteiger partial charge in [-0.1, -0.05) is 42.5 Å². The number of hydrogen-bond donors (Lipinski definition) is 1. The summed E-state index contributed by atoms with van der Waals surface area (Å²) >= 11 is 0. The largest absolute Gasteiger partial charge is 0.748 e. The molecular weight excluding hydrogens is 568 g/mol. The van der Waals surface area contributed by atoms with Crippen LogP contribution in [0.5, 0.6) is 5.75 Å². The molecule has 214 valence electrons. The zero-order valence-electron chi connectivity index (χ0n) is 21.9. The van der Waals surface area contributed by atoms with Gasteiger partial charge in [0.25, 0.3) is 6.23 Å². The number of ether oxygens (including phenoxy) is 1.